The lowest BCUT2D eigenvalue weighted by atomic mass is 10.4. The molecule has 0 fully saturated rings. The molecule has 0 bridgehead atoms. The maximum Gasteiger partial charge on any atom is 0.301 e. The van der Waals surface area contributed by atoms with Gasteiger partial charge in [0.2, 0.25) is 0 Å². The molecule has 0 aliphatic heterocycles. The quantitative estimate of drug-likeness (QED) is 0.717. The van der Waals surface area contributed by atoms with Crippen LogP contribution in [0, 0.1) is 0 Å². The normalized spacial score (nSPS) is 10.9. The van der Waals surface area contributed by atoms with Crippen LogP contribution in [-0.4, -0.2) is 21.2 Å². The highest BCUT2D eigenvalue weighted by Crippen LogP contribution is 2.31. The molecule has 1 aromatic heterocycles. The molecule has 0 saturated heterocycles. The second kappa shape index (κ2) is 7.27. The predicted molar refractivity (Wildman–Crippen MR) is 66.6 cm³/mol. The topological polar surface area (TPSA) is 25.8 Å². The van der Waals surface area contributed by atoms with Gasteiger partial charge in [0.15, 0.2) is 14.5 Å². The van der Waals surface area contributed by atoms with Gasteiger partial charge in [0, 0.05) is 17.4 Å². The highest BCUT2D eigenvalue weighted by atomic mass is 32.2. The third-order valence-electron chi connectivity index (χ3n) is 1.48. The zero-order valence-electron chi connectivity index (χ0n) is 9.24. The van der Waals surface area contributed by atoms with E-state index in [4.69, 9.17) is 0 Å². The highest BCUT2D eigenvalue weighted by molar-refractivity contribution is 8.03. The Kier molecular flexibility index (Phi) is 6.35. The van der Waals surface area contributed by atoms with E-state index in [0.29, 0.717) is 9.59 Å². The fourth-order valence-corrected chi connectivity index (χ4v) is 4.07. The SMILES string of the molecule is CC(C)Sc1nnc(SCCC(F)=C(F)F)s1. The van der Waals surface area contributed by atoms with Crippen molar-refractivity contribution < 1.29 is 13.2 Å². The Bertz CT molecular complexity index is 389. The van der Waals surface area contributed by atoms with E-state index in [2.05, 4.69) is 10.2 Å². The summed E-state index contributed by atoms with van der Waals surface area (Å²) in [7, 11) is 0. The Morgan fingerprint density at radius 3 is 2.47 bits per heavy atom. The van der Waals surface area contributed by atoms with Crippen molar-refractivity contribution in [3.63, 3.8) is 0 Å². The average molecular weight is 300 g/mol. The number of nitrogens with zero attached hydrogens (tertiary/aromatic N) is 2. The van der Waals surface area contributed by atoms with Gasteiger partial charge in [-0.3, -0.25) is 0 Å². The largest absolute Gasteiger partial charge is 0.301 e. The summed E-state index contributed by atoms with van der Waals surface area (Å²) in [5, 5.41) is 8.26. The molecule has 0 N–H and O–H groups in total. The molecule has 1 heterocycles. The smallest absolute Gasteiger partial charge is 0.206 e. The summed E-state index contributed by atoms with van der Waals surface area (Å²) >= 11 is 4.23. The molecule has 1 aromatic rings. The van der Waals surface area contributed by atoms with E-state index in [9.17, 15) is 13.2 Å². The standard InChI is InChI=1S/C9H11F3N2S3/c1-5(2)16-9-14-13-8(17-9)15-4-3-6(10)7(11)12/h5H,3-4H2,1-2H3. The van der Waals surface area contributed by atoms with E-state index in [1.165, 1.54) is 23.1 Å². The van der Waals surface area contributed by atoms with E-state index in [1.54, 1.807) is 11.8 Å². The second-order valence-electron chi connectivity index (χ2n) is 3.26. The molecule has 0 spiro atoms. The molecule has 0 aliphatic carbocycles. The van der Waals surface area contributed by atoms with Gasteiger partial charge in [0.1, 0.15) is 0 Å². The van der Waals surface area contributed by atoms with Crippen LogP contribution in [-0.2, 0) is 0 Å². The van der Waals surface area contributed by atoms with Crippen molar-refractivity contribution in [2.24, 2.45) is 0 Å². The lowest BCUT2D eigenvalue weighted by Crippen LogP contribution is -1.84. The summed E-state index contributed by atoms with van der Waals surface area (Å²) in [6, 6.07) is 0. The van der Waals surface area contributed by atoms with Gasteiger partial charge in [0.05, 0.1) is 0 Å². The van der Waals surface area contributed by atoms with Gasteiger partial charge in [-0.1, -0.05) is 48.7 Å². The molecule has 0 aromatic carbocycles. The van der Waals surface area contributed by atoms with Crippen molar-refractivity contribution in [2.45, 2.75) is 34.2 Å². The van der Waals surface area contributed by atoms with Crippen LogP contribution in [0.4, 0.5) is 13.2 Å². The van der Waals surface area contributed by atoms with Crippen molar-refractivity contribution in [3.05, 3.63) is 11.9 Å². The van der Waals surface area contributed by atoms with E-state index < -0.39 is 11.9 Å². The van der Waals surface area contributed by atoms with Crippen molar-refractivity contribution >= 4 is 34.9 Å². The van der Waals surface area contributed by atoms with E-state index in [-0.39, 0.29) is 12.2 Å². The molecular formula is C9H11F3N2S3. The number of thioether (sulfide) groups is 2. The number of rotatable bonds is 6. The van der Waals surface area contributed by atoms with E-state index in [0.717, 1.165) is 4.34 Å². The Hall–Kier alpha value is -0.210. The summed E-state index contributed by atoms with van der Waals surface area (Å²) < 4.78 is 37.5. The third-order valence-corrected chi connectivity index (χ3v) is 4.62. The minimum absolute atomic E-state index is 0.240. The summed E-state index contributed by atoms with van der Waals surface area (Å²) in [4.78, 5) is 0. The molecule has 17 heavy (non-hydrogen) atoms. The molecule has 0 amide bonds. The molecule has 2 nitrogen and oxygen atoms in total. The van der Waals surface area contributed by atoms with Crippen LogP contribution in [0.2, 0.25) is 0 Å². The van der Waals surface area contributed by atoms with Crippen molar-refractivity contribution in [3.8, 4) is 0 Å². The summed E-state index contributed by atoms with van der Waals surface area (Å²) in [6.07, 6.45) is -2.52. The minimum Gasteiger partial charge on any atom is -0.206 e. The third kappa shape index (κ3) is 5.78. The maximum atomic E-state index is 12.5. The monoisotopic (exact) mass is 300 g/mol. The van der Waals surface area contributed by atoms with Gasteiger partial charge < -0.3 is 0 Å². The molecule has 0 radical (unpaired) electrons. The fraction of sp³-hybridized carbons (Fsp3) is 0.556. The Morgan fingerprint density at radius 1 is 1.24 bits per heavy atom. The van der Waals surface area contributed by atoms with Crippen LogP contribution in [0.1, 0.15) is 20.3 Å². The van der Waals surface area contributed by atoms with Crippen LogP contribution in [0.3, 0.4) is 0 Å². The second-order valence-corrected chi connectivity index (χ2v) is 7.41. The molecular weight excluding hydrogens is 289 g/mol. The predicted octanol–water partition coefficient (Wildman–Crippen LogP) is 4.60. The first-order chi connectivity index (χ1) is 7.99. The van der Waals surface area contributed by atoms with Crippen LogP contribution in [0.5, 0.6) is 0 Å². The Labute approximate surface area is 110 Å². The number of allylic oxidation sites excluding steroid dienone is 1. The Balaban J connectivity index is 2.37. The first-order valence-electron chi connectivity index (χ1n) is 4.81. The van der Waals surface area contributed by atoms with Crippen LogP contribution < -0.4 is 0 Å². The molecule has 8 heteroatoms. The first kappa shape index (κ1) is 14.8. The number of halogens is 3. The van der Waals surface area contributed by atoms with Crippen molar-refractivity contribution in [1.82, 2.24) is 10.2 Å². The zero-order chi connectivity index (χ0) is 12.8. The van der Waals surface area contributed by atoms with Crippen molar-refractivity contribution in [2.75, 3.05) is 5.75 Å². The molecule has 0 aliphatic rings. The molecule has 96 valence electrons. The van der Waals surface area contributed by atoms with Gasteiger partial charge in [-0.15, -0.1) is 10.2 Å². The van der Waals surface area contributed by atoms with E-state index in [1.807, 2.05) is 13.8 Å². The summed E-state index contributed by atoms with van der Waals surface area (Å²) in [5.74, 6) is -1.11. The first-order valence-corrected chi connectivity index (χ1v) is 7.50. The minimum atomic E-state index is -2.24. The summed E-state index contributed by atoms with van der Waals surface area (Å²) in [5.41, 5.74) is 0. The highest BCUT2D eigenvalue weighted by Gasteiger charge is 2.09. The van der Waals surface area contributed by atoms with Gasteiger partial charge >= 0.3 is 6.08 Å². The number of aromatic nitrogens is 2. The van der Waals surface area contributed by atoms with Gasteiger partial charge in [-0.25, -0.2) is 4.39 Å². The van der Waals surface area contributed by atoms with Crippen LogP contribution in [0.25, 0.3) is 0 Å². The van der Waals surface area contributed by atoms with Gasteiger partial charge in [-0.2, -0.15) is 8.78 Å². The fourth-order valence-electron chi connectivity index (χ4n) is 0.827. The Morgan fingerprint density at radius 2 is 1.88 bits per heavy atom. The lowest BCUT2D eigenvalue weighted by Gasteiger charge is -1.97. The zero-order valence-corrected chi connectivity index (χ0v) is 11.7. The van der Waals surface area contributed by atoms with Gasteiger partial charge in [0.25, 0.3) is 0 Å². The number of hydrogen-bond acceptors (Lipinski definition) is 5. The summed E-state index contributed by atoms with van der Waals surface area (Å²) in [6.45, 7) is 4.09. The molecule has 1 rings (SSSR count). The van der Waals surface area contributed by atoms with Crippen LogP contribution in [0.15, 0.2) is 20.6 Å². The lowest BCUT2D eigenvalue weighted by molar-refractivity contribution is 0.373. The molecule has 0 saturated carbocycles. The van der Waals surface area contributed by atoms with E-state index >= 15 is 0 Å². The molecule has 0 unspecified atom stereocenters. The van der Waals surface area contributed by atoms with Crippen molar-refractivity contribution in [1.29, 1.82) is 0 Å². The van der Waals surface area contributed by atoms with Crippen LogP contribution >= 0.6 is 34.9 Å². The number of hydrogen-bond donors (Lipinski definition) is 0. The maximum absolute atomic E-state index is 12.5. The molecule has 0 atom stereocenters. The average Bonchev–Trinajstić information content (AvgIpc) is 2.64. The van der Waals surface area contributed by atoms with Gasteiger partial charge in [-0.05, 0) is 0 Å².